The van der Waals surface area contributed by atoms with Gasteiger partial charge in [0, 0.05) is 12.2 Å². The number of amides is 1. The molecule has 2 aromatic carbocycles. The number of anilines is 2. The first kappa shape index (κ1) is 28.6. The molecule has 8 nitrogen and oxygen atoms in total. The third-order valence-corrected chi connectivity index (χ3v) is 7.25. The van der Waals surface area contributed by atoms with Gasteiger partial charge in [-0.25, -0.2) is 19.2 Å². The molecule has 1 N–H and O–H groups in total. The highest BCUT2D eigenvalue weighted by Crippen LogP contribution is 2.33. The molecule has 1 atom stereocenters. The molecule has 1 fully saturated rings. The Bertz CT molecular complexity index is 1630. The molecule has 5 rings (SSSR count). The smallest absolute Gasteiger partial charge is 0.411 e. The van der Waals surface area contributed by atoms with Crippen LogP contribution in [0, 0.1) is 17.7 Å². The van der Waals surface area contributed by atoms with E-state index < -0.39 is 17.7 Å². The van der Waals surface area contributed by atoms with Crippen LogP contribution in [0.1, 0.15) is 31.2 Å². The van der Waals surface area contributed by atoms with Crippen molar-refractivity contribution in [3.8, 4) is 17.6 Å². The number of ether oxygens (including phenoxy) is 3. The van der Waals surface area contributed by atoms with Gasteiger partial charge >= 0.3 is 6.09 Å². The standard InChI is InChI=1S/C30H28ClFN4O4S/c1-30(2,3)40-29(37)36-11-12-38-17-22(36)8-9-23-15-25-27(41-23)28(34-18-33-25)35-21-7-10-26(24(31)14-21)39-16-19-5-4-6-20(32)13-19/h4-7,10,13-15,18,22H,11-12,16-17H2,1-3H3,(H,33,34,35). The van der Waals surface area contributed by atoms with Gasteiger partial charge in [-0.3, -0.25) is 4.90 Å². The number of rotatable bonds is 5. The van der Waals surface area contributed by atoms with Gasteiger partial charge in [0.1, 0.15) is 36.1 Å². The van der Waals surface area contributed by atoms with Crippen LogP contribution in [0.4, 0.5) is 20.7 Å². The van der Waals surface area contributed by atoms with Crippen LogP contribution in [-0.4, -0.2) is 52.4 Å². The van der Waals surface area contributed by atoms with E-state index in [1.165, 1.54) is 29.8 Å². The van der Waals surface area contributed by atoms with Gasteiger partial charge in [0.05, 0.1) is 33.3 Å². The molecule has 0 bridgehead atoms. The number of hydrogen-bond donors (Lipinski definition) is 1. The summed E-state index contributed by atoms with van der Waals surface area (Å²) in [6, 6.07) is 13.0. The monoisotopic (exact) mass is 594 g/mol. The van der Waals surface area contributed by atoms with Crippen molar-refractivity contribution < 1.29 is 23.4 Å². The van der Waals surface area contributed by atoms with E-state index in [1.54, 1.807) is 29.2 Å². The minimum absolute atomic E-state index is 0.193. The highest BCUT2D eigenvalue weighted by molar-refractivity contribution is 7.20. The van der Waals surface area contributed by atoms with E-state index in [-0.39, 0.29) is 12.4 Å². The molecule has 1 saturated heterocycles. The second kappa shape index (κ2) is 12.3. The summed E-state index contributed by atoms with van der Waals surface area (Å²) in [4.78, 5) is 23.9. The summed E-state index contributed by atoms with van der Waals surface area (Å²) >= 11 is 7.91. The lowest BCUT2D eigenvalue weighted by molar-refractivity contribution is -0.0198. The van der Waals surface area contributed by atoms with Crippen LogP contribution in [0.25, 0.3) is 10.2 Å². The Morgan fingerprint density at radius 1 is 1.24 bits per heavy atom. The van der Waals surface area contributed by atoms with Crippen LogP contribution in [0.2, 0.25) is 5.02 Å². The Morgan fingerprint density at radius 3 is 2.88 bits per heavy atom. The number of hydrogen-bond acceptors (Lipinski definition) is 8. The van der Waals surface area contributed by atoms with Crippen LogP contribution in [0.3, 0.4) is 0 Å². The van der Waals surface area contributed by atoms with Crippen molar-refractivity contribution >= 4 is 50.8 Å². The Balaban J connectivity index is 1.30. The van der Waals surface area contributed by atoms with Crippen LogP contribution in [0.15, 0.2) is 54.9 Å². The second-order valence-electron chi connectivity index (χ2n) is 10.3. The van der Waals surface area contributed by atoms with E-state index in [1.807, 2.05) is 32.9 Å². The van der Waals surface area contributed by atoms with E-state index >= 15 is 0 Å². The Hall–Kier alpha value is -3.91. The van der Waals surface area contributed by atoms with Gasteiger partial charge in [0.15, 0.2) is 5.82 Å². The summed E-state index contributed by atoms with van der Waals surface area (Å²) in [6.07, 6.45) is 1.07. The second-order valence-corrected chi connectivity index (χ2v) is 11.7. The number of fused-ring (bicyclic) bond motifs is 1. The molecule has 41 heavy (non-hydrogen) atoms. The summed E-state index contributed by atoms with van der Waals surface area (Å²) < 4.78 is 31.1. The van der Waals surface area contributed by atoms with Gasteiger partial charge in [-0.05, 0) is 62.7 Å². The number of halogens is 2. The predicted molar refractivity (Wildman–Crippen MR) is 157 cm³/mol. The number of aromatic nitrogens is 2. The Kier molecular flexibility index (Phi) is 8.59. The van der Waals surface area contributed by atoms with Crippen molar-refractivity contribution in [2.45, 2.75) is 39.0 Å². The lowest BCUT2D eigenvalue weighted by Gasteiger charge is -2.34. The maximum atomic E-state index is 13.4. The number of carbonyl (C=O) groups is 1. The van der Waals surface area contributed by atoms with Crippen LogP contribution >= 0.6 is 22.9 Å². The molecule has 0 spiro atoms. The van der Waals surface area contributed by atoms with Crippen molar-refractivity contribution in [1.29, 1.82) is 0 Å². The van der Waals surface area contributed by atoms with Gasteiger partial charge in [0.25, 0.3) is 0 Å². The lowest BCUT2D eigenvalue weighted by atomic mass is 10.2. The van der Waals surface area contributed by atoms with Crippen molar-refractivity contribution in [1.82, 2.24) is 14.9 Å². The Labute approximate surface area is 246 Å². The highest BCUT2D eigenvalue weighted by atomic mass is 35.5. The quantitative estimate of drug-likeness (QED) is 0.255. The summed E-state index contributed by atoms with van der Waals surface area (Å²) in [5.41, 5.74) is 1.56. The zero-order valence-corrected chi connectivity index (χ0v) is 24.3. The largest absolute Gasteiger partial charge is 0.487 e. The topological polar surface area (TPSA) is 85.8 Å². The van der Waals surface area contributed by atoms with Crippen LogP contribution in [0.5, 0.6) is 5.75 Å². The van der Waals surface area contributed by atoms with E-state index in [4.69, 9.17) is 25.8 Å². The van der Waals surface area contributed by atoms with E-state index in [0.717, 1.165) is 15.1 Å². The molecule has 11 heteroatoms. The van der Waals surface area contributed by atoms with Crippen LogP contribution in [-0.2, 0) is 16.1 Å². The SMILES string of the molecule is CC(C)(C)OC(=O)N1CCOCC1C#Cc1cc2ncnc(Nc3ccc(OCc4cccc(F)c4)c(Cl)c3)c2s1. The summed E-state index contributed by atoms with van der Waals surface area (Å²) in [7, 11) is 0. The minimum atomic E-state index is -0.596. The zero-order valence-electron chi connectivity index (χ0n) is 22.7. The van der Waals surface area contributed by atoms with Crippen molar-refractivity contribution in [3.63, 3.8) is 0 Å². The maximum Gasteiger partial charge on any atom is 0.411 e. The molecule has 0 saturated carbocycles. The predicted octanol–water partition coefficient (Wildman–Crippen LogP) is 6.79. The molecule has 4 aromatic rings. The normalized spacial score (nSPS) is 15.2. The number of morpholine rings is 1. The highest BCUT2D eigenvalue weighted by Gasteiger charge is 2.30. The molecule has 0 aliphatic carbocycles. The van der Waals surface area contributed by atoms with Crippen LogP contribution < -0.4 is 10.1 Å². The summed E-state index contributed by atoms with van der Waals surface area (Å²) in [6.45, 7) is 6.86. The molecule has 1 unspecified atom stereocenters. The molecule has 0 radical (unpaired) electrons. The molecule has 2 aromatic heterocycles. The lowest BCUT2D eigenvalue weighted by Crippen LogP contribution is -2.49. The fourth-order valence-electron chi connectivity index (χ4n) is 4.04. The number of carbonyl (C=O) groups excluding carboxylic acids is 1. The zero-order chi connectivity index (χ0) is 29.0. The maximum absolute atomic E-state index is 13.4. The van der Waals surface area contributed by atoms with Gasteiger partial charge in [-0.2, -0.15) is 0 Å². The fourth-order valence-corrected chi connectivity index (χ4v) is 5.19. The molecule has 212 valence electrons. The third-order valence-electron chi connectivity index (χ3n) is 5.91. The number of thiophene rings is 1. The first-order chi connectivity index (χ1) is 19.6. The van der Waals surface area contributed by atoms with E-state index in [9.17, 15) is 9.18 Å². The van der Waals surface area contributed by atoms with Gasteiger partial charge in [-0.15, -0.1) is 11.3 Å². The summed E-state index contributed by atoms with van der Waals surface area (Å²) in [5.74, 6) is 7.11. The number of nitrogens with zero attached hydrogens (tertiary/aromatic N) is 3. The minimum Gasteiger partial charge on any atom is -0.487 e. The number of nitrogens with one attached hydrogen (secondary N) is 1. The third kappa shape index (κ3) is 7.44. The van der Waals surface area contributed by atoms with Gasteiger partial charge in [0.2, 0.25) is 0 Å². The fraction of sp³-hybridized carbons (Fsp3) is 0.300. The molecule has 1 amide bonds. The Morgan fingerprint density at radius 2 is 2.10 bits per heavy atom. The number of benzene rings is 2. The van der Waals surface area contributed by atoms with Gasteiger partial charge in [-0.1, -0.05) is 35.6 Å². The molecule has 1 aliphatic heterocycles. The van der Waals surface area contributed by atoms with Crippen molar-refractivity contribution in [2.75, 3.05) is 25.1 Å². The first-order valence-electron chi connectivity index (χ1n) is 12.9. The van der Waals surface area contributed by atoms with E-state index in [2.05, 4.69) is 27.1 Å². The average Bonchev–Trinajstić information content (AvgIpc) is 3.35. The average molecular weight is 595 g/mol. The molecular weight excluding hydrogens is 567 g/mol. The van der Waals surface area contributed by atoms with Gasteiger partial charge < -0.3 is 19.5 Å². The van der Waals surface area contributed by atoms with E-state index in [0.29, 0.717) is 47.6 Å². The van der Waals surface area contributed by atoms with Crippen molar-refractivity contribution in [3.05, 3.63) is 76.1 Å². The first-order valence-corrected chi connectivity index (χ1v) is 14.1. The van der Waals surface area contributed by atoms with Crippen molar-refractivity contribution in [2.24, 2.45) is 0 Å². The summed E-state index contributed by atoms with van der Waals surface area (Å²) in [5, 5.41) is 3.69. The molecule has 3 heterocycles. The molecule has 1 aliphatic rings. The molecular formula is C30H28ClFN4O4S.